The number of fused-ring (bicyclic) bond motifs is 1. The molecule has 1 aromatic heterocycles. The lowest BCUT2D eigenvalue weighted by atomic mass is 10.1. The van der Waals surface area contributed by atoms with Gasteiger partial charge in [0.2, 0.25) is 0 Å². The number of rotatable bonds is 8. The molecule has 1 aliphatic rings. The third-order valence-corrected chi connectivity index (χ3v) is 5.70. The summed E-state index contributed by atoms with van der Waals surface area (Å²) in [6.07, 6.45) is 6.44. The highest BCUT2D eigenvalue weighted by Gasteiger charge is 2.16. The standard InChI is InChI=1S/C23H27FN4O3/c1-14-19(29)8-7-17(24)22(14)28-23-16-11-20(30-2)21(12-18(16)26-13-27-23)31-10-9-25-15-5-3-4-6-15/h7-8,11-13,15,25,29H,3-6,9-10H2,1-2H3,(H,26,27,28). The molecule has 3 aromatic rings. The molecule has 164 valence electrons. The fourth-order valence-corrected chi connectivity index (χ4v) is 3.93. The van der Waals surface area contributed by atoms with Gasteiger partial charge in [0.25, 0.3) is 0 Å². The highest BCUT2D eigenvalue weighted by Crippen LogP contribution is 2.36. The first-order valence-corrected chi connectivity index (χ1v) is 10.5. The maximum atomic E-state index is 14.3. The molecule has 7 nitrogen and oxygen atoms in total. The number of nitrogens with one attached hydrogen (secondary N) is 2. The van der Waals surface area contributed by atoms with Crippen LogP contribution in [0.25, 0.3) is 10.9 Å². The van der Waals surface area contributed by atoms with Gasteiger partial charge in [0.15, 0.2) is 11.5 Å². The van der Waals surface area contributed by atoms with Crippen molar-refractivity contribution in [3.05, 3.63) is 42.0 Å². The van der Waals surface area contributed by atoms with E-state index in [1.54, 1.807) is 26.2 Å². The number of methoxy groups -OCH3 is 1. The molecule has 0 bridgehead atoms. The zero-order chi connectivity index (χ0) is 21.8. The first kappa shape index (κ1) is 21.1. The van der Waals surface area contributed by atoms with E-state index in [1.807, 2.05) is 0 Å². The van der Waals surface area contributed by atoms with E-state index in [4.69, 9.17) is 9.47 Å². The summed E-state index contributed by atoms with van der Waals surface area (Å²) in [4.78, 5) is 8.59. The van der Waals surface area contributed by atoms with Gasteiger partial charge in [0.05, 0.1) is 18.3 Å². The zero-order valence-corrected chi connectivity index (χ0v) is 17.7. The highest BCUT2D eigenvalue weighted by molar-refractivity contribution is 5.93. The lowest BCUT2D eigenvalue weighted by molar-refractivity contribution is 0.286. The molecule has 0 spiro atoms. The molecule has 0 atom stereocenters. The van der Waals surface area contributed by atoms with Crippen molar-refractivity contribution < 1.29 is 19.0 Å². The third kappa shape index (κ3) is 4.64. The number of benzene rings is 2. The van der Waals surface area contributed by atoms with Crippen molar-refractivity contribution in [3.8, 4) is 17.2 Å². The third-order valence-electron chi connectivity index (χ3n) is 5.70. The van der Waals surface area contributed by atoms with Crippen LogP contribution in [0.1, 0.15) is 31.2 Å². The summed E-state index contributed by atoms with van der Waals surface area (Å²) in [5.41, 5.74) is 1.20. The van der Waals surface area contributed by atoms with Crippen molar-refractivity contribution in [3.63, 3.8) is 0 Å². The topological polar surface area (TPSA) is 88.5 Å². The van der Waals surface area contributed by atoms with E-state index in [0.29, 0.717) is 46.4 Å². The van der Waals surface area contributed by atoms with Crippen molar-refractivity contribution in [2.75, 3.05) is 25.6 Å². The van der Waals surface area contributed by atoms with Crippen molar-refractivity contribution in [1.82, 2.24) is 15.3 Å². The minimum absolute atomic E-state index is 0.00161. The number of hydrogen-bond acceptors (Lipinski definition) is 7. The Hall–Kier alpha value is -3.13. The van der Waals surface area contributed by atoms with Crippen molar-refractivity contribution in [2.24, 2.45) is 0 Å². The van der Waals surface area contributed by atoms with E-state index in [1.165, 1.54) is 44.1 Å². The van der Waals surface area contributed by atoms with Crippen LogP contribution in [-0.2, 0) is 0 Å². The van der Waals surface area contributed by atoms with Gasteiger partial charge in [-0.1, -0.05) is 12.8 Å². The lowest BCUT2D eigenvalue weighted by Crippen LogP contribution is -2.30. The fourth-order valence-electron chi connectivity index (χ4n) is 3.93. The van der Waals surface area contributed by atoms with Crippen molar-refractivity contribution >= 4 is 22.4 Å². The van der Waals surface area contributed by atoms with Crippen LogP contribution in [-0.4, -0.2) is 41.4 Å². The van der Waals surface area contributed by atoms with E-state index in [2.05, 4.69) is 20.6 Å². The number of hydrogen-bond donors (Lipinski definition) is 3. The molecule has 0 amide bonds. The number of nitrogens with zero attached hydrogens (tertiary/aromatic N) is 2. The second-order valence-electron chi connectivity index (χ2n) is 7.72. The molecule has 31 heavy (non-hydrogen) atoms. The molecule has 0 aliphatic heterocycles. The van der Waals surface area contributed by atoms with Crippen LogP contribution in [0.5, 0.6) is 17.2 Å². The maximum Gasteiger partial charge on any atom is 0.163 e. The van der Waals surface area contributed by atoms with Gasteiger partial charge in [-0.15, -0.1) is 0 Å². The molecule has 4 rings (SSSR count). The van der Waals surface area contributed by atoms with Crippen LogP contribution in [0.15, 0.2) is 30.6 Å². The van der Waals surface area contributed by atoms with Gasteiger partial charge in [-0.05, 0) is 38.0 Å². The maximum absolute atomic E-state index is 14.3. The number of phenols is 1. The molecule has 0 saturated heterocycles. The molecule has 1 heterocycles. The lowest BCUT2D eigenvalue weighted by Gasteiger charge is -2.16. The molecule has 0 unspecified atom stereocenters. The Bertz CT molecular complexity index is 1070. The molecular weight excluding hydrogens is 399 g/mol. The summed E-state index contributed by atoms with van der Waals surface area (Å²) in [6, 6.07) is 6.68. The average molecular weight is 426 g/mol. The largest absolute Gasteiger partial charge is 0.508 e. The molecule has 3 N–H and O–H groups in total. The average Bonchev–Trinajstić information content (AvgIpc) is 3.30. The van der Waals surface area contributed by atoms with Crippen LogP contribution >= 0.6 is 0 Å². The number of anilines is 2. The molecule has 8 heteroatoms. The number of ether oxygens (including phenoxy) is 2. The number of halogens is 1. The summed E-state index contributed by atoms with van der Waals surface area (Å²) in [6.45, 7) is 2.91. The van der Waals surface area contributed by atoms with Gasteiger partial charge in [-0.2, -0.15) is 0 Å². The second kappa shape index (κ2) is 9.34. The molecule has 0 radical (unpaired) electrons. The quantitative estimate of drug-likeness (QED) is 0.459. The summed E-state index contributed by atoms with van der Waals surface area (Å²) in [5.74, 6) is 1.06. The van der Waals surface area contributed by atoms with E-state index in [9.17, 15) is 9.50 Å². The summed E-state index contributed by atoms with van der Waals surface area (Å²) in [5, 5.41) is 17.1. The zero-order valence-electron chi connectivity index (χ0n) is 17.7. The first-order chi connectivity index (χ1) is 15.1. The monoisotopic (exact) mass is 426 g/mol. The molecule has 2 aromatic carbocycles. The Kier molecular flexibility index (Phi) is 6.36. The van der Waals surface area contributed by atoms with E-state index in [0.717, 1.165) is 6.54 Å². The predicted octanol–water partition coefficient (Wildman–Crippen LogP) is 4.45. The molecule has 1 fully saturated rings. The van der Waals surface area contributed by atoms with E-state index in [-0.39, 0.29) is 11.4 Å². The fraction of sp³-hybridized carbons (Fsp3) is 0.391. The second-order valence-corrected chi connectivity index (χ2v) is 7.72. The van der Waals surface area contributed by atoms with E-state index >= 15 is 0 Å². The number of aromatic hydroxyl groups is 1. The predicted molar refractivity (Wildman–Crippen MR) is 118 cm³/mol. The van der Waals surface area contributed by atoms with Gasteiger partial charge >= 0.3 is 0 Å². The Balaban J connectivity index is 1.56. The van der Waals surface area contributed by atoms with Crippen LogP contribution in [0.3, 0.4) is 0 Å². The van der Waals surface area contributed by atoms with Gasteiger partial charge < -0.3 is 25.2 Å². The highest BCUT2D eigenvalue weighted by atomic mass is 19.1. The van der Waals surface area contributed by atoms with Crippen LogP contribution < -0.4 is 20.1 Å². The Labute approximate surface area is 180 Å². The Morgan fingerprint density at radius 1 is 1.16 bits per heavy atom. The first-order valence-electron chi connectivity index (χ1n) is 10.5. The normalized spacial score (nSPS) is 14.2. The summed E-state index contributed by atoms with van der Waals surface area (Å²) < 4.78 is 25.8. The smallest absolute Gasteiger partial charge is 0.163 e. The Morgan fingerprint density at radius 3 is 2.74 bits per heavy atom. The molecule has 1 saturated carbocycles. The van der Waals surface area contributed by atoms with Crippen molar-refractivity contribution in [1.29, 1.82) is 0 Å². The summed E-state index contributed by atoms with van der Waals surface area (Å²) >= 11 is 0. The SMILES string of the molecule is COc1cc2c(Nc3c(F)ccc(O)c3C)ncnc2cc1OCCNC1CCCC1. The Morgan fingerprint density at radius 2 is 1.97 bits per heavy atom. The molecule has 1 aliphatic carbocycles. The van der Waals surface area contributed by atoms with Gasteiger partial charge in [-0.25, -0.2) is 14.4 Å². The van der Waals surface area contributed by atoms with Gasteiger partial charge in [0.1, 0.15) is 30.3 Å². The number of aromatic nitrogens is 2. The van der Waals surface area contributed by atoms with Crippen LogP contribution in [0.4, 0.5) is 15.9 Å². The van der Waals surface area contributed by atoms with Gasteiger partial charge in [0, 0.05) is 29.6 Å². The van der Waals surface area contributed by atoms with Crippen LogP contribution in [0, 0.1) is 12.7 Å². The molecular formula is C23H27FN4O3. The van der Waals surface area contributed by atoms with Crippen LogP contribution in [0.2, 0.25) is 0 Å². The number of phenolic OH excluding ortho intramolecular Hbond substituents is 1. The van der Waals surface area contributed by atoms with E-state index < -0.39 is 5.82 Å². The minimum atomic E-state index is -0.483. The van der Waals surface area contributed by atoms with Crippen molar-refractivity contribution in [2.45, 2.75) is 38.6 Å². The summed E-state index contributed by atoms with van der Waals surface area (Å²) in [7, 11) is 1.57. The minimum Gasteiger partial charge on any atom is -0.508 e. The van der Waals surface area contributed by atoms with Gasteiger partial charge in [-0.3, -0.25) is 0 Å².